The van der Waals surface area contributed by atoms with Gasteiger partial charge in [0.05, 0.1) is 11.4 Å². The van der Waals surface area contributed by atoms with Crippen LogP contribution in [0.2, 0.25) is 5.02 Å². The molecule has 0 spiro atoms. The summed E-state index contributed by atoms with van der Waals surface area (Å²) in [6, 6.07) is 17.8. The van der Waals surface area contributed by atoms with Gasteiger partial charge in [-0.1, -0.05) is 60.1 Å². The molecule has 174 valence electrons. The standard InChI is InChI=1S/C25H20ClFN2O5/c26-20-10-9-14(11-21(20)27)28-24(32)22(12-23(30)31)29-25(33)34-13-19-17-7-3-1-5-15(17)16-6-2-4-8-18(16)19/h1-11,19,22H,12-13H2,(H,28,32)(H,29,33)(H,30,31). The molecule has 0 heterocycles. The van der Waals surface area contributed by atoms with E-state index in [0.29, 0.717) is 0 Å². The van der Waals surface area contributed by atoms with E-state index in [4.69, 9.17) is 21.4 Å². The number of nitrogens with one attached hydrogen (secondary N) is 2. The summed E-state index contributed by atoms with van der Waals surface area (Å²) in [6.07, 6.45) is -1.63. The van der Waals surface area contributed by atoms with Crippen LogP contribution >= 0.6 is 11.6 Å². The molecule has 4 rings (SSSR count). The highest BCUT2D eigenvalue weighted by atomic mass is 35.5. The van der Waals surface area contributed by atoms with E-state index in [2.05, 4.69) is 10.6 Å². The van der Waals surface area contributed by atoms with E-state index in [0.717, 1.165) is 28.3 Å². The number of carbonyl (C=O) groups is 3. The van der Waals surface area contributed by atoms with Crippen LogP contribution in [0.5, 0.6) is 0 Å². The third kappa shape index (κ3) is 5.02. The predicted octanol–water partition coefficient (Wildman–Crippen LogP) is 4.80. The Morgan fingerprint density at radius 2 is 1.62 bits per heavy atom. The van der Waals surface area contributed by atoms with Crippen molar-refractivity contribution >= 4 is 35.3 Å². The van der Waals surface area contributed by atoms with Crippen LogP contribution in [0.25, 0.3) is 11.1 Å². The molecule has 1 aliphatic rings. The quantitative estimate of drug-likeness (QED) is 0.448. The summed E-state index contributed by atoms with van der Waals surface area (Å²) in [5.41, 5.74) is 4.22. The number of fused-ring (bicyclic) bond motifs is 3. The zero-order valence-electron chi connectivity index (χ0n) is 17.8. The molecule has 2 amide bonds. The van der Waals surface area contributed by atoms with Gasteiger partial charge in [0, 0.05) is 11.6 Å². The molecule has 0 saturated carbocycles. The van der Waals surface area contributed by atoms with Crippen LogP contribution < -0.4 is 10.6 Å². The second kappa shape index (κ2) is 9.93. The van der Waals surface area contributed by atoms with Gasteiger partial charge in [-0.2, -0.15) is 0 Å². The van der Waals surface area contributed by atoms with Gasteiger partial charge in [0.2, 0.25) is 5.91 Å². The first-order valence-corrected chi connectivity index (χ1v) is 10.8. The van der Waals surface area contributed by atoms with Crippen LogP contribution in [0.3, 0.4) is 0 Å². The monoisotopic (exact) mass is 482 g/mol. The fourth-order valence-electron chi connectivity index (χ4n) is 3.97. The van der Waals surface area contributed by atoms with Crippen molar-refractivity contribution in [3.8, 4) is 11.1 Å². The second-order valence-electron chi connectivity index (χ2n) is 7.74. The highest BCUT2D eigenvalue weighted by molar-refractivity contribution is 6.30. The molecule has 1 aliphatic carbocycles. The van der Waals surface area contributed by atoms with Crippen molar-refractivity contribution in [2.75, 3.05) is 11.9 Å². The van der Waals surface area contributed by atoms with Crippen LogP contribution in [-0.4, -0.2) is 35.7 Å². The average Bonchev–Trinajstić information content (AvgIpc) is 3.13. The third-order valence-corrected chi connectivity index (χ3v) is 5.82. The molecule has 0 bridgehead atoms. The van der Waals surface area contributed by atoms with E-state index < -0.39 is 36.2 Å². The first kappa shape index (κ1) is 23.3. The van der Waals surface area contributed by atoms with E-state index in [1.807, 2.05) is 48.5 Å². The normalized spacial score (nSPS) is 12.9. The van der Waals surface area contributed by atoms with E-state index in [1.165, 1.54) is 12.1 Å². The Bertz CT molecular complexity index is 1220. The van der Waals surface area contributed by atoms with Crippen molar-refractivity contribution in [1.29, 1.82) is 0 Å². The minimum atomic E-state index is -1.44. The summed E-state index contributed by atoms with van der Waals surface area (Å²) < 4.78 is 19.0. The number of hydrogen-bond donors (Lipinski definition) is 3. The van der Waals surface area contributed by atoms with Gasteiger partial charge in [-0.25, -0.2) is 9.18 Å². The second-order valence-corrected chi connectivity index (χ2v) is 8.15. The Morgan fingerprint density at radius 3 is 2.21 bits per heavy atom. The SMILES string of the molecule is O=C(O)CC(NC(=O)OCC1c2ccccc2-c2ccccc21)C(=O)Nc1ccc(Cl)c(F)c1. The molecule has 3 aromatic rings. The summed E-state index contributed by atoms with van der Waals surface area (Å²) in [6.45, 7) is 0.00364. The number of carbonyl (C=O) groups excluding carboxylic acids is 2. The van der Waals surface area contributed by atoms with Gasteiger partial charge in [0.15, 0.2) is 0 Å². The third-order valence-electron chi connectivity index (χ3n) is 5.52. The molecule has 34 heavy (non-hydrogen) atoms. The minimum Gasteiger partial charge on any atom is -0.481 e. The number of aliphatic carboxylic acids is 1. The van der Waals surface area contributed by atoms with Gasteiger partial charge in [-0.05, 0) is 40.5 Å². The Morgan fingerprint density at radius 1 is 1.00 bits per heavy atom. The Kier molecular flexibility index (Phi) is 6.79. The molecule has 3 N–H and O–H groups in total. The molecule has 9 heteroatoms. The number of benzene rings is 3. The predicted molar refractivity (Wildman–Crippen MR) is 124 cm³/mol. The number of ether oxygens (including phenoxy) is 1. The number of amides is 2. The maximum atomic E-state index is 13.6. The molecule has 0 radical (unpaired) electrons. The number of anilines is 1. The number of carboxylic acids is 1. The van der Waals surface area contributed by atoms with Crippen LogP contribution in [0.4, 0.5) is 14.9 Å². The Labute approximate surface area is 199 Å². The van der Waals surface area contributed by atoms with Crippen molar-refractivity contribution in [2.45, 2.75) is 18.4 Å². The summed E-state index contributed by atoms with van der Waals surface area (Å²) in [4.78, 5) is 36.3. The zero-order chi connectivity index (χ0) is 24.2. The van der Waals surface area contributed by atoms with Gasteiger partial charge in [-0.3, -0.25) is 9.59 Å². The van der Waals surface area contributed by atoms with Crippen molar-refractivity contribution in [1.82, 2.24) is 5.32 Å². The minimum absolute atomic E-state index is 0.00364. The lowest BCUT2D eigenvalue weighted by Crippen LogP contribution is -2.45. The fraction of sp³-hybridized carbons (Fsp3) is 0.160. The van der Waals surface area contributed by atoms with Crippen molar-refractivity contribution in [3.63, 3.8) is 0 Å². The van der Waals surface area contributed by atoms with Crippen molar-refractivity contribution < 1.29 is 28.6 Å². The summed E-state index contributed by atoms with van der Waals surface area (Å²) >= 11 is 5.63. The maximum Gasteiger partial charge on any atom is 0.407 e. The molecule has 1 unspecified atom stereocenters. The summed E-state index contributed by atoms with van der Waals surface area (Å²) in [7, 11) is 0. The Hall–Kier alpha value is -3.91. The first-order chi connectivity index (χ1) is 16.3. The van der Waals surface area contributed by atoms with Crippen LogP contribution in [0, 0.1) is 5.82 Å². The highest BCUT2D eigenvalue weighted by Crippen LogP contribution is 2.44. The van der Waals surface area contributed by atoms with Gasteiger partial charge in [-0.15, -0.1) is 0 Å². The number of alkyl carbamates (subject to hydrolysis) is 1. The smallest absolute Gasteiger partial charge is 0.407 e. The number of halogens is 2. The maximum absolute atomic E-state index is 13.6. The molecule has 0 aliphatic heterocycles. The van der Waals surface area contributed by atoms with Crippen molar-refractivity contribution in [3.05, 3.63) is 88.7 Å². The van der Waals surface area contributed by atoms with Crippen LogP contribution in [0.15, 0.2) is 66.7 Å². The van der Waals surface area contributed by atoms with Gasteiger partial charge in [0.25, 0.3) is 0 Å². The van der Waals surface area contributed by atoms with Gasteiger partial charge in [0.1, 0.15) is 18.5 Å². The number of rotatable bonds is 7. The van der Waals surface area contributed by atoms with Crippen molar-refractivity contribution in [2.24, 2.45) is 0 Å². The Balaban J connectivity index is 1.43. The topological polar surface area (TPSA) is 105 Å². The van der Waals surface area contributed by atoms with E-state index in [-0.39, 0.29) is 23.2 Å². The zero-order valence-corrected chi connectivity index (χ0v) is 18.5. The molecule has 3 aromatic carbocycles. The number of hydrogen-bond acceptors (Lipinski definition) is 4. The molecular formula is C25H20ClFN2O5. The number of carboxylic acid groups (broad SMARTS) is 1. The lowest BCUT2D eigenvalue weighted by molar-refractivity contribution is -0.139. The largest absolute Gasteiger partial charge is 0.481 e. The van der Waals surface area contributed by atoms with Crippen LogP contribution in [-0.2, 0) is 14.3 Å². The summed E-state index contributed by atoms with van der Waals surface area (Å²) in [5.74, 6) is -3.08. The molecule has 0 fully saturated rings. The lowest BCUT2D eigenvalue weighted by atomic mass is 9.98. The van der Waals surface area contributed by atoms with E-state index >= 15 is 0 Å². The van der Waals surface area contributed by atoms with Gasteiger partial charge >= 0.3 is 12.1 Å². The molecular weight excluding hydrogens is 463 g/mol. The fourth-order valence-corrected chi connectivity index (χ4v) is 4.09. The first-order valence-electron chi connectivity index (χ1n) is 10.4. The van der Waals surface area contributed by atoms with E-state index in [1.54, 1.807) is 0 Å². The highest BCUT2D eigenvalue weighted by Gasteiger charge is 2.30. The molecule has 7 nitrogen and oxygen atoms in total. The van der Waals surface area contributed by atoms with Crippen LogP contribution in [0.1, 0.15) is 23.5 Å². The van der Waals surface area contributed by atoms with E-state index in [9.17, 15) is 18.8 Å². The molecule has 0 aromatic heterocycles. The average molecular weight is 483 g/mol. The molecule has 0 saturated heterocycles. The lowest BCUT2D eigenvalue weighted by Gasteiger charge is -2.19. The van der Waals surface area contributed by atoms with Gasteiger partial charge < -0.3 is 20.5 Å². The molecule has 1 atom stereocenters. The summed E-state index contributed by atoms with van der Waals surface area (Å²) in [5, 5.41) is 13.7.